The summed E-state index contributed by atoms with van der Waals surface area (Å²) in [5, 5.41) is 13.9. The maximum atomic E-state index is 12.3. The minimum Gasteiger partial charge on any atom is -0.325 e. The Morgan fingerprint density at radius 1 is 1.08 bits per heavy atom. The van der Waals surface area contributed by atoms with Gasteiger partial charge >= 0.3 is 0 Å². The van der Waals surface area contributed by atoms with E-state index in [9.17, 15) is 9.59 Å². The van der Waals surface area contributed by atoms with Crippen molar-refractivity contribution in [2.75, 3.05) is 10.6 Å². The van der Waals surface area contributed by atoms with Gasteiger partial charge in [-0.15, -0.1) is 5.10 Å². The van der Waals surface area contributed by atoms with E-state index in [2.05, 4.69) is 20.8 Å². The number of hydrogen-bond donors (Lipinski definition) is 2. The SMILES string of the molecule is CC(=O)Nc1cc(NC(=O)c2cnn(-c3ccccc3)n2)ccc1Cl. The maximum absolute atomic E-state index is 12.3. The van der Waals surface area contributed by atoms with E-state index in [4.69, 9.17) is 11.6 Å². The van der Waals surface area contributed by atoms with Crippen molar-refractivity contribution >= 4 is 34.8 Å². The highest BCUT2D eigenvalue weighted by molar-refractivity contribution is 6.33. The quantitative estimate of drug-likeness (QED) is 0.752. The van der Waals surface area contributed by atoms with Crippen LogP contribution in [-0.2, 0) is 4.79 Å². The molecule has 0 aliphatic rings. The van der Waals surface area contributed by atoms with Crippen LogP contribution in [0.5, 0.6) is 0 Å². The van der Waals surface area contributed by atoms with E-state index < -0.39 is 5.91 Å². The summed E-state index contributed by atoms with van der Waals surface area (Å²) in [6.07, 6.45) is 1.38. The number of carbonyl (C=O) groups is 2. The van der Waals surface area contributed by atoms with Crippen LogP contribution < -0.4 is 10.6 Å². The second-order valence-corrected chi connectivity index (χ2v) is 5.59. The van der Waals surface area contributed by atoms with Gasteiger partial charge in [0.1, 0.15) is 0 Å². The fraction of sp³-hybridized carbons (Fsp3) is 0.0588. The van der Waals surface area contributed by atoms with Crippen molar-refractivity contribution in [1.29, 1.82) is 0 Å². The first-order valence-electron chi connectivity index (χ1n) is 7.39. The minimum atomic E-state index is -0.418. The molecule has 0 fully saturated rings. The Balaban J connectivity index is 1.77. The lowest BCUT2D eigenvalue weighted by Gasteiger charge is -2.08. The average Bonchev–Trinajstić information content (AvgIpc) is 3.08. The molecule has 2 aromatic carbocycles. The number of benzene rings is 2. The molecule has 2 amide bonds. The molecule has 25 heavy (non-hydrogen) atoms. The fourth-order valence-electron chi connectivity index (χ4n) is 2.14. The number of rotatable bonds is 4. The van der Waals surface area contributed by atoms with Crippen molar-refractivity contribution in [3.63, 3.8) is 0 Å². The Morgan fingerprint density at radius 2 is 1.84 bits per heavy atom. The van der Waals surface area contributed by atoms with Crippen LogP contribution in [0.2, 0.25) is 5.02 Å². The Morgan fingerprint density at radius 3 is 2.56 bits per heavy atom. The lowest BCUT2D eigenvalue weighted by molar-refractivity contribution is -0.114. The predicted octanol–water partition coefficient (Wildman–Crippen LogP) is 3.13. The molecule has 126 valence electrons. The highest BCUT2D eigenvalue weighted by Gasteiger charge is 2.13. The van der Waals surface area contributed by atoms with Crippen LogP contribution in [-0.4, -0.2) is 26.8 Å². The molecular formula is C17H14ClN5O2. The number of anilines is 2. The van der Waals surface area contributed by atoms with Crippen molar-refractivity contribution in [3.05, 3.63) is 65.4 Å². The molecule has 1 aromatic heterocycles. The van der Waals surface area contributed by atoms with Gasteiger partial charge in [0.25, 0.3) is 5.91 Å². The van der Waals surface area contributed by atoms with Gasteiger partial charge in [0, 0.05) is 12.6 Å². The molecule has 0 bridgehead atoms. The van der Waals surface area contributed by atoms with Gasteiger partial charge in [0.2, 0.25) is 5.91 Å². The second-order valence-electron chi connectivity index (χ2n) is 5.18. The number of nitrogens with one attached hydrogen (secondary N) is 2. The first kappa shape index (κ1) is 16.7. The number of aromatic nitrogens is 3. The minimum absolute atomic E-state index is 0.167. The van der Waals surface area contributed by atoms with E-state index in [1.54, 1.807) is 18.2 Å². The molecule has 0 atom stereocenters. The zero-order chi connectivity index (χ0) is 17.8. The topological polar surface area (TPSA) is 88.9 Å². The Labute approximate surface area is 148 Å². The van der Waals surface area contributed by atoms with Gasteiger partial charge in [-0.25, -0.2) is 0 Å². The lowest BCUT2D eigenvalue weighted by atomic mass is 10.2. The summed E-state index contributed by atoms with van der Waals surface area (Å²) in [4.78, 5) is 24.9. The number of nitrogens with zero attached hydrogens (tertiary/aromatic N) is 3. The molecule has 8 heteroatoms. The van der Waals surface area contributed by atoms with Crippen LogP contribution in [0.4, 0.5) is 11.4 Å². The van der Waals surface area contributed by atoms with Crippen LogP contribution in [0.25, 0.3) is 5.69 Å². The van der Waals surface area contributed by atoms with Crippen molar-refractivity contribution in [3.8, 4) is 5.69 Å². The van der Waals surface area contributed by atoms with Gasteiger partial charge in [0.05, 0.1) is 22.6 Å². The molecule has 2 N–H and O–H groups in total. The molecule has 0 radical (unpaired) electrons. The Bertz CT molecular complexity index is 924. The highest BCUT2D eigenvalue weighted by atomic mass is 35.5. The molecule has 0 spiro atoms. The number of carbonyl (C=O) groups excluding carboxylic acids is 2. The van der Waals surface area contributed by atoms with E-state index in [-0.39, 0.29) is 11.6 Å². The molecule has 0 saturated carbocycles. The number of amides is 2. The van der Waals surface area contributed by atoms with Gasteiger partial charge in [0.15, 0.2) is 5.69 Å². The first-order valence-corrected chi connectivity index (χ1v) is 7.77. The van der Waals surface area contributed by atoms with Crippen molar-refractivity contribution in [2.45, 2.75) is 6.92 Å². The molecule has 0 unspecified atom stereocenters. The molecule has 3 aromatic rings. The van der Waals surface area contributed by atoms with Crippen molar-refractivity contribution in [2.24, 2.45) is 0 Å². The van der Waals surface area contributed by atoms with Gasteiger partial charge < -0.3 is 10.6 Å². The van der Waals surface area contributed by atoms with Gasteiger partial charge in [-0.2, -0.15) is 9.90 Å². The molecule has 7 nitrogen and oxygen atoms in total. The molecule has 0 saturated heterocycles. The van der Waals surface area contributed by atoms with Crippen molar-refractivity contribution in [1.82, 2.24) is 15.0 Å². The third-order valence-corrected chi connectivity index (χ3v) is 3.58. The largest absolute Gasteiger partial charge is 0.325 e. The third-order valence-electron chi connectivity index (χ3n) is 3.25. The van der Waals surface area contributed by atoms with Gasteiger partial charge in [-0.3, -0.25) is 9.59 Å². The van der Waals surface area contributed by atoms with E-state index in [0.29, 0.717) is 16.4 Å². The zero-order valence-electron chi connectivity index (χ0n) is 13.2. The van der Waals surface area contributed by atoms with Crippen LogP contribution in [0.1, 0.15) is 17.4 Å². The Hall–Kier alpha value is -3.19. The van der Waals surface area contributed by atoms with E-state index in [0.717, 1.165) is 5.69 Å². The summed E-state index contributed by atoms with van der Waals surface area (Å²) in [6.45, 7) is 1.38. The summed E-state index contributed by atoms with van der Waals surface area (Å²) in [7, 11) is 0. The van der Waals surface area contributed by atoms with Crippen LogP contribution in [0, 0.1) is 0 Å². The van der Waals surface area contributed by atoms with Crippen molar-refractivity contribution < 1.29 is 9.59 Å². The maximum Gasteiger partial charge on any atom is 0.277 e. The van der Waals surface area contributed by atoms with E-state index in [1.807, 2.05) is 30.3 Å². The second kappa shape index (κ2) is 7.14. The number of hydrogen-bond acceptors (Lipinski definition) is 4. The standard InChI is InChI=1S/C17H14ClN5O2/c1-11(24)20-15-9-12(7-8-14(15)18)21-17(25)16-10-19-23(22-16)13-5-3-2-4-6-13/h2-10H,1H3,(H,20,24)(H,21,25). The average molecular weight is 356 g/mol. The van der Waals surface area contributed by atoms with Crippen LogP contribution in [0.3, 0.4) is 0 Å². The normalized spacial score (nSPS) is 10.3. The van der Waals surface area contributed by atoms with Gasteiger partial charge in [-0.05, 0) is 30.3 Å². The number of halogens is 1. The molecular weight excluding hydrogens is 342 g/mol. The summed E-state index contributed by atoms with van der Waals surface area (Å²) in [5.41, 5.74) is 1.81. The van der Waals surface area contributed by atoms with Gasteiger partial charge in [-0.1, -0.05) is 29.8 Å². The smallest absolute Gasteiger partial charge is 0.277 e. The molecule has 0 aliphatic heterocycles. The third kappa shape index (κ3) is 4.02. The molecule has 3 rings (SSSR count). The summed E-state index contributed by atoms with van der Waals surface area (Å²) >= 11 is 6.01. The van der Waals surface area contributed by atoms with Crippen LogP contribution in [0.15, 0.2) is 54.7 Å². The monoisotopic (exact) mass is 355 g/mol. The predicted molar refractivity (Wildman–Crippen MR) is 95.1 cm³/mol. The zero-order valence-corrected chi connectivity index (χ0v) is 14.0. The highest BCUT2D eigenvalue weighted by Crippen LogP contribution is 2.25. The molecule has 1 heterocycles. The lowest BCUT2D eigenvalue weighted by Crippen LogP contribution is -2.14. The fourth-order valence-corrected chi connectivity index (χ4v) is 2.30. The van der Waals surface area contributed by atoms with E-state index >= 15 is 0 Å². The summed E-state index contributed by atoms with van der Waals surface area (Å²) in [6, 6.07) is 14.1. The summed E-state index contributed by atoms with van der Waals surface area (Å²) < 4.78 is 0. The summed E-state index contributed by atoms with van der Waals surface area (Å²) in [5.74, 6) is -0.672. The Kier molecular flexibility index (Phi) is 4.76. The molecule has 0 aliphatic carbocycles. The number of para-hydroxylation sites is 1. The first-order chi connectivity index (χ1) is 12.0. The van der Waals surface area contributed by atoms with E-state index in [1.165, 1.54) is 17.9 Å². The van der Waals surface area contributed by atoms with Crippen LogP contribution >= 0.6 is 11.6 Å².